The van der Waals surface area contributed by atoms with Gasteiger partial charge in [-0.3, -0.25) is 9.69 Å². The fourth-order valence-electron chi connectivity index (χ4n) is 4.33. The number of amides is 1. The third kappa shape index (κ3) is 4.29. The molecular formula is C22H34N2O2. The molecule has 1 aromatic carbocycles. The van der Waals surface area contributed by atoms with Crippen LogP contribution in [-0.4, -0.2) is 59.6 Å². The Kier molecular flexibility index (Phi) is 6.03. The Hall–Kier alpha value is -1.39. The van der Waals surface area contributed by atoms with Gasteiger partial charge >= 0.3 is 0 Å². The lowest BCUT2D eigenvalue weighted by Crippen LogP contribution is -2.49. The van der Waals surface area contributed by atoms with Crippen molar-refractivity contribution in [2.24, 2.45) is 5.92 Å². The van der Waals surface area contributed by atoms with Crippen molar-refractivity contribution in [1.29, 1.82) is 0 Å². The van der Waals surface area contributed by atoms with Gasteiger partial charge < -0.3 is 10.0 Å². The van der Waals surface area contributed by atoms with Crippen LogP contribution in [0.2, 0.25) is 0 Å². The first-order chi connectivity index (χ1) is 12.4. The van der Waals surface area contributed by atoms with Gasteiger partial charge in [0.1, 0.15) is 0 Å². The molecule has 1 N–H and O–H groups in total. The Labute approximate surface area is 158 Å². The number of rotatable bonds is 4. The molecule has 3 rings (SSSR count). The van der Waals surface area contributed by atoms with Gasteiger partial charge in [-0.05, 0) is 55.8 Å². The van der Waals surface area contributed by atoms with E-state index in [1.165, 1.54) is 25.9 Å². The minimum atomic E-state index is -0.272. The van der Waals surface area contributed by atoms with Crippen molar-refractivity contribution in [3.63, 3.8) is 0 Å². The van der Waals surface area contributed by atoms with Crippen molar-refractivity contribution in [1.82, 2.24) is 9.80 Å². The minimum absolute atomic E-state index is 0.100. The highest BCUT2D eigenvalue weighted by Gasteiger charge is 2.29. The van der Waals surface area contributed by atoms with Crippen LogP contribution in [0.15, 0.2) is 24.3 Å². The predicted molar refractivity (Wildman–Crippen MR) is 105 cm³/mol. The number of hydrogen-bond donors (Lipinski definition) is 1. The molecular weight excluding hydrogens is 324 g/mol. The lowest BCUT2D eigenvalue weighted by atomic mass is 9.85. The van der Waals surface area contributed by atoms with Crippen molar-refractivity contribution >= 4 is 5.91 Å². The Morgan fingerprint density at radius 1 is 1.12 bits per heavy atom. The summed E-state index contributed by atoms with van der Waals surface area (Å²) in [4.78, 5) is 17.5. The van der Waals surface area contributed by atoms with E-state index in [0.717, 1.165) is 43.0 Å². The fraction of sp³-hybridized carbons (Fsp3) is 0.682. The SMILES string of the molecule is CC1CCCN(C2CCN(C(=O)c3ccc(C(C)(C)CO)cc3)CC2)C1. The summed E-state index contributed by atoms with van der Waals surface area (Å²) in [6.45, 7) is 10.6. The molecule has 1 unspecified atom stereocenters. The molecule has 4 heteroatoms. The number of benzene rings is 1. The van der Waals surface area contributed by atoms with Gasteiger partial charge in [0.15, 0.2) is 0 Å². The van der Waals surface area contributed by atoms with Gasteiger partial charge in [-0.15, -0.1) is 0 Å². The van der Waals surface area contributed by atoms with Gasteiger partial charge in [0.2, 0.25) is 0 Å². The van der Waals surface area contributed by atoms with E-state index in [9.17, 15) is 9.90 Å². The van der Waals surface area contributed by atoms with E-state index in [2.05, 4.69) is 11.8 Å². The molecule has 2 saturated heterocycles. The first kappa shape index (κ1) is 19.4. The largest absolute Gasteiger partial charge is 0.395 e. The molecule has 1 aromatic rings. The molecule has 0 radical (unpaired) electrons. The van der Waals surface area contributed by atoms with Crippen LogP contribution >= 0.6 is 0 Å². The maximum Gasteiger partial charge on any atom is 0.253 e. The normalized spacial score (nSPS) is 23.2. The molecule has 0 aromatic heterocycles. The fourth-order valence-corrected chi connectivity index (χ4v) is 4.33. The quantitative estimate of drug-likeness (QED) is 0.898. The third-order valence-corrected chi connectivity index (χ3v) is 6.27. The number of aliphatic hydroxyl groups is 1. The zero-order valence-electron chi connectivity index (χ0n) is 16.6. The highest BCUT2D eigenvalue weighted by Crippen LogP contribution is 2.25. The van der Waals surface area contributed by atoms with Crippen molar-refractivity contribution in [2.45, 2.75) is 57.9 Å². The van der Waals surface area contributed by atoms with E-state index in [1.807, 2.05) is 43.0 Å². The zero-order valence-corrected chi connectivity index (χ0v) is 16.6. The number of carbonyl (C=O) groups excluding carboxylic acids is 1. The monoisotopic (exact) mass is 358 g/mol. The van der Waals surface area contributed by atoms with Crippen molar-refractivity contribution in [3.8, 4) is 0 Å². The molecule has 2 fully saturated rings. The van der Waals surface area contributed by atoms with Crippen LogP contribution in [-0.2, 0) is 5.41 Å². The summed E-state index contributed by atoms with van der Waals surface area (Å²) in [5.74, 6) is 0.953. The summed E-state index contributed by atoms with van der Waals surface area (Å²) in [6.07, 6.45) is 4.86. The second-order valence-electron chi connectivity index (χ2n) is 8.89. The topological polar surface area (TPSA) is 43.8 Å². The number of carbonyl (C=O) groups is 1. The molecule has 2 aliphatic rings. The smallest absolute Gasteiger partial charge is 0.253 e. The van der Waals surface area contributed by atoms with Crippen molar-refractivity contribution in [3.05, 3.63) is 35.4 Å². The molecule has 0 spiro atoms. The van der Waals surface area contributed by atoms with Gasteiger partial charge in [-0.25, -0.2) is 0 Å². The molecule has 2 aliphatic heterocycles. The molecule has 26 heavy (non-hydrogen) atoms. The molecule has 144 valence electrons. The summed E-state index contributed by atoms with van der Waals surface area (Å²) >= 11 is 0. The van der Waals surface area contributed by atoms with Crippen molar-refractivity contribution in [2.75, 3.05) is 32.8 Å². The van der Waals surface area contributed by atoms with Gasteiger partial charge in [-0.2, -0.15) is 0 Å². The molecule has 1 amide bonds. The third-order valence-electron chi connectivity index (χ3n) is 6.27. The molecule has 2 heterocycles. The summed E-state index contributed by atoms with van der Waals surface area (Å²) in [7, 11) is 0. The van der Waals surface area contributed by atoms with Crippen LogP contribution in [0.25, 0.3) is 0 Å². The number of piperidine rings is 2. The Balaban J connectivity index is 1.56. The summed E-state index contributed by atoms with van der Waals surface area (Å²) in [5.41, 5.74) is 1.55. The number of hydrogen-bond acceptors (Lipinski definition) is 3. The molecule has 1 atom stereocenters. The van der Waals surface area contributed by atoms with E-state index in [4.69, 9.17) is 0 Å². The maximum absolute atomic E-state index is 12.8. The second-order valence-corrected chi connectivity index (χ2v) is 8.89. The van der Waals surface area contributed by atoms with Crippen LogP contribution in [0, 0.1) is 5.92 Å². The van der Waals surface area contributed by atoms with E-state index in [0.29, 0.717) is 6.04 Å². The van der Waals surface area contributed by atoms with Gasteiger partial charge in [0.05, 0.1) is 6.61 Å². The molecule has 0 aliphatic carbocycles. The first-order valence-electron chi connectivity index (χ1n) is 10.2. The molecule has 4 nitrogen and oxygen atoms in total. The number of nitrogens with zero attached hydrogens (tertiary/aromatic N) is 2. The van der Waals surface area contributed by atoms with Crippen LogP contribution in [0.5, 0.6) is 0 Å². The van der Waals surface area contributed by atoms with Crippen LogP contribution < -0.4 is 0 Å². The van der Waals surface area contributed by atoms with Crippen molar-refractivity contribution < 1.29 is 9.90 Å². The summed E-state index contributed by atoms with van der Waals surface area (Å²) < 4.78 is 0. The van der Waals surface area contributed by atoms with E-state index < -0.39 is 0 Å². The zero-order chi connectivity index (χ0) is 18.7. The summed E-state index contributed by atoms with van der Waals surface area (Å²) in [5, 5.41) is 9.50. The predicted octanol–water partition coefficient (Wildman–Crippen LogP) is 3.29. The molecule has 0 bridgehead atoms. The lowest BCUT2D eigenvalue weighted by Gasteiger charge is -2.41. The maximum atomic E-state index is 12.8. The minimum Gasteiger partial charge on any atom is -0.395 e. The lowest BCUT2D eigenvalue weighted by molar-refractivity contribution is 0.0542. The first-order valence-corrected chi connectivity index (χ1v) is 10.2. The average Bonchev–Trinajstić information content (AvgIpc) is 2.67. The molecule has 0 saturated carbocycles. The van der Waals surface area contributed by atoms with Gasteiger partial charge in [0.25, 0.3) is 5.91 Å². The van der Waals surface area contributed by atoms with Crippen LogP contribution in [0.1, 0.15) is 62.4 Å². The Morgan fingerprint density at radius 3 is 2.35 bits per heavy atom. The highest BCUT2D eigenvalue weighted by molar-refractivity contribution is 5.94. The highest BCUT2D eigenvalue weighted by atomic mass is 16.3. The number of likely N-dealkylation sites (tertiary alicyclic amines) is 2. The van der Waals surface area contributed by atoms with Gasteiger partial charge in [0, 0.05) is 36.7 Å². The summed E-state index contributed by atoms with van der Waals surface area (Å²) in [6, 6.07) is 8.42. The number of aliphatic hydroxyl groups excluding tert-OH is 1. The average molecular weight is 359 g/mol. The van der Waals surface area contributed by atoms with Crippen LogP contribution in [0.3, 0.4) is 0 Å². The van der Waals surface area contributed by atoms with Crippen LogP contribution in [0.4, 0.5) is 0 Å². The Morgan fingerprint density at radius 2 is 1.77 bits per heavy atom. The van der Waals surface area contributed by atoms with E-state index in [1.54, 1.807) is 0 Å². The second kappa shape index (κ2) is 8.10. The Bertz CT molecular complexity index is 603. The standard InChI is InChI=1S/C22H34N2O2/c1-17-5-4-12-24(15-17)20-10-13-23(14-11-20)21(26)18-6-8-19(9-7-18)22(2,3)16-25/h6-9,17,20,25H,4-5,10-16H2,1-3H3. The van der Waals surface area contributed by atoms with E-state index >= 15 is 0 Å². The van der Waals surface area contributed by atoms with Gasteiger partial charge in [-0.1, -0.05) is 32.9 Å². The van der Waals surface area contributed by atoms with E-state index in [-0.39, 0.29) is 17.9 Å².